The van der Waals surface area contributed by atoms with Gasteiger partial charge in [0.1, 0.15) is 0 Å². The van der Waals surface area contributed by atoms with E-state index in [2.05, 4.69) is 16.0 Å². The number of amides is 1. The van der Waals surface area contributed by atoms with Crippen molar-refractivity contribution in [3.63, 3.8) is 0 Å². The summed E-state index contributed by atoms with van der Waals surface area (Å²) in [7, 11) is 0. The van der Waals surface area contributed by atoms with Crippen LogP contribution >= 0.6 is 0 Å². The standard InChI is InChI=1S/C17H37N5O3/c18-9-5-12-20-10-3-4-11-21-13-6-14-22-17(25)15(19)7-1-2-8-16(23)24/h15,20-21H,1-14,18-19H2,(H,22,25)(H,23,24). The number of nitrogens with two attached hydrogens (primary N) is 2. The lowest BCUT2D eigenvalue weighted by atomic mass is 10.1. The van der Waals surface area contributed by atoms with Crippen LogP contribution in [-0.2, 0) is 9.59 Å². The molecular weight excluding hydrogens is 322 g/mol. The van der Waals surface area contributed by atoms with E-state index in [1.54, 1.807) is 0 Å². The minimum atomic E-state index is -0.812. The summed E-state index contributed by atoms with van der Waals surface area (Å²) in [6, 6.07) is -0.548. The number of unbranched alkanes of at least 4 members (excludes halogenated alkanes) is 2. The average Bonchev–Trinajstić information content (AvgIpc) is 2.59. The molecule has 8 heteroatoms. The third-order valence-corrected chi connectivity index (χ3v) is 3.84. The van der Waals surface area contributed by atoms with Crippen molar-refractivity contribution in [2.75, 3.05) is 39.3 Å². The van der Waals surface area contributed by atoms with E-state index in [0.717, 1.165) is 58.4 Å². The molecule has 0 aliphatic rings. The van der Waals surface area contributed by atoms with E-state index in [0.29, 0.717) is 25.8 Å². The maximum Gasteiger partial charge on any atom is 0.303 e. The zero-order chi connectivity index (χ0) is 18.8. The molecule has 25 heavy (non-hydrogen) atoms. The van der Waals surface area contributed by atoms with Crippen LogP contribution in [0.2, 0.25) is 0 Å². The van der Waals surface area contributed by atoms with Gasteiger partial charge >= 0.3 is 5.97 Å². The normalized spacial score (nSPS) is 12.1. The molecule has 1 unspecified atom stereocenters. The third-order valence-electron chi connectivity index (χ3n) is 3.84. The van der Waals surface area contributed by atoms with Gasteiger partial charge in [-0.3, -0.25) is 9.59 Å². The van der Waals surface area contributed by atoms with E-state index in [1.165, 1.54) is 0 Å². The fourth-order valence-electron chi connectivity index (χ4n) is 2.30. The van der Waals surface area contributed by atoms with Gasteiger partial charge < -0.3 is 32.5 Å². The summed E-state index contributed by atoms with van der Waals surface area (Å²) in [5.74, 6) is -0.966. The SMILES string of the molecule is NCCCNCCCCNCCCNC(=O)C(N)CCCCC(=O)O. The lowest BCUT2D eigenvalue weighted by molar-refractivity contribution is -0.137. The lowest BCUT2D eigenvalue weighted by Gasteiger charge is -2.12. The van der Waals surface area contributed by atoms with Crippen LogP contribution in [0.1, 0.15) is 51.4 Å². The number of hydrogen-bond donors (Lipinski definition) is 6. The monoisotopic (exact) mass is 359 g/mol. The van der Waals surface area contributed by atoms with Gasteiger partial charge in [0.15, 0.2) is 0 Å². The second-order valence-electron chi connectivity index (χ2n) is 6.24. The molecule has 1 atom stereocenters. The third kappa shape index (κ3) is 17.4. The molecule has 0 heterocycles. The highest BCUT2D eigenvalue weighted by molar-refractivity contribution is 5.81. The molecule has 0 aromatic heterocycles. The molecule has 0 bridgehead atoms. The first-order valence-electron chi connectivity index (χ1n) is 9.44. The highest BCUT2D eigenvalue weighted by Gasteiger charge is 2.12. The van der Waals surface area contributed by atoms with Gasteiger partial charge in [-0.2, -0.15) is 0 Å². The van der Waals surface area contributed by atoms with Gasteiger partial charge in [-0.25, -0.2) is 0 Å². The molecule has 0 saturated heterocycles. The minimum absolute atomic E-state index is 0.129. The maximum absolute atomic E-state index is 11.8. The topological polar surface area (TPSA) is 142 Å². The van der Waals surface area contributed by atoms with Gasteiger partial charge in [-0.15, -0.1) is 0 Å². The van der Waals surface area contributed by atoms with Crippen molar-refractivity contribution >= 4 is 11.9 Å². The molecular formula is C17H37N5O3. The number of nitrogens with one attached hydrogen (secondary N) is 3. The first-order valence-corrected chi connectivity index (χ1v) is 9.44. The van der Waals surface area contributed by atoms with Gasteiger partial charge in [0.05, 0.1) is 6.04 Å². The maximum atomic E-state index is 11.8. The Kier molecular flexibility index (Phi) is 16.7. The van der Waals surface area contributed by atoms with Crippen molar-refractivity contribution in [3.05, 3.63) is 0 Å². The van der Waals surface area contributed by atoms with Gasteiger partial charge in [-0.1, -0.05) is 6.42 Å². The number of rotatable bonds is 18. The van der Waals surface area contributed by atoms with E-state index < -0.39 is 12.0 Å². The zero-order valence-corrected chi connectivity index (χ0v) is 15.4. The zero-order valence-electron chi connectivity index (χ0n) is 15.4. The second kappa shape index (κ2) is 17.6. The number of carbonyl (C=O) groups excluding carboxylic acids is 1. The number of carboxylic acids is 1. The molecule has 0 spiro atoms. The molecule has 0 aromatic carbocycles. The van der Waals surface area contributed by atoms with Gasteiger partial charge in [0.25, 0.3) is 0 Å². The fourth-order valence-corrected chi connectivity index (χ4v) is 2.30. The molecule has 8 N–H and O–H groups in total. The Bertz CT molecular complexity index is 342. The smallest absolute Gasteiger partial charge is 0.303 e. The summed E-state index contributed by atoms with van der Waals surface area (Å²) in [5.41, 5.74) is 11.2. The van der Waals surface area contributed by atoms with Crippen LogP contribution in [0.3, 0.4) is 0 Å². The number of carboxylic acid groups (broad SMARTS) is 1. The van der Waals surface area contributed by atoms with E-state index in [9.17, 15) is 9.59 Å². The predicted molar refractivity (Wildman–Crippen MR) is 100 cm³/mol. The van der Waals surface area contributed by atoms with Crippen molar-refractivity contribution in [3.8, 4) is 0 Å². The van der Waals surface area contributed by atoms with Gasteiger partial charge in [0, 0.05) is 13.0 Å². The van der Waals surface area contributed by atoms with Crippen LogP contribution in [0.25, 0.3) is 0 Å². The summed E-state index contributed by atoms with van der Waals surface area (Å²) in [5, 5.41) is 18.1. The number of carbonyl (C=O) groups is 2. The van der Waals surface area contributed by atoms with Crippen LogP contribution in [0.15, 0.2) is 0 Å². The molecule has 0 saturated carbocycles. The van der Waals surface area contributed by atoms with Crippen molar-refractivity contribution in [1.82, 2.24) is 16.0 Å². The molecule has 0 fully saturated rings. The summed E-state index contributed by atoms with van der Waals surface area (Å²) >= 11 is 0. The van der Waals surface area contributed by atoms with E-state index in [-0.39, 0.29) is 12.3 Å². The van der Waals surface area contributed by atoms with Crippen molar-refractivity contribution in [2.24, 2.45) is 11.5 Å². The van der Waals surface area contributed by atoms with Gasteiger partial charge in [-0.05, 0) is 71.2 Å². The Morgan fingerprint density at radius 2 is 1.44 bits per heavy atom. The van der Waals surface area contributed by atoms with Crippen LogP contribution in [-0.4, -0.2) is 62.3 Å². The lowest BCUT2D eigenvalue weighted by Crippen LogP contribution is -2.41. The fraction of sp³-hybridized carbons (Fsp3) is 0.882. The Hall–Kier alpha value is -1.22. The first kappa shape index (κ1) is 23.8. The van der Waals surface area contributed by atoms with E-state index >= 15 is 0 Å². The van der Waals surface area contributed by atoms with E-state index in [4.69, 9.17) is 16.6 Å². The summed E-state index contributed by atoms with van der Waals surface area (Å²) in [6.07, 6.45) is 6.03. The van der Waals surface area contributed by atoms with Crippen LogP contribution in [0, 0.1) is 0 Å². The predicted octanol–water partition coefficient (Wildman–Crippen LogP) is -0.227. The number of hydrogen-bond acceptors (Lipinski definition) is 6. The molecule has 0 aliphatic heterocycles. The molecule has 0 radical (unpaired) electrons. The van der Waals surface area contributed by atoms with Gasteiger partial charge in [0.2, 0.25) is 5.91 Å². The summed E-state index contributed by atoms with van der Waals surface area (Å²) in [6.45, 7) is 5.22. The Balaban J connectivity index is 3.32. The average molecular weight is 360 g/mol. The molecule has 1 amide bonds. The summed E-state index contributed by atoms with van der Waals surface area (Å²) < 4.78 is 0. The van der Waals surface area contributed by atoms with Crippen molar-refractivity contribution < 1.29 is 14.7 Å². The highest BCUT2D eigenvalue weighted by atomic mass is 16.4. The Labute approximate surface area is 151 Å². The second-order valence-corrected chi connectivity index (χ2v) is 6.24. The number of aliphatic carboxylic acids is 1. The largest absolute Gasteiger partial charge is 0.481 e. The minimum Gasteiger partial charge on any atom is -0.481 e. The molecule has 8 nitrogen and oxygen atoms in total. The van der Waals surface area contributed by atoms with Crippen LogP contribution < -0.4 is 27.4 Å². The summed E-state index contributed by atoms with van der Waals surface area (Å²) in [4.78, 5) is 22.2. The Morgan fingerprint density at radius 1 is 0.840 bits per heavy atom. The van der Waals surface area contributed by atoms with Crippen molar-refractivity contribution in [2.45, 2.75) is 57.4 Å². The molecule has 0 rings (SSSR count). The van der Waals surface area contributed by atoms with Crippen molar-refractivity contribution in [1.29, 1.82) is 0 Å². The quantitative estimate of drug-likeness (QED) is 0.186. The van der Waals surface area contributed by atoms with Crippen LogP contribution in [0.4, 0.5) is 0 Å². The molecule has 0 aromatic rings. The highest BCUT2D eigenvalue weighted by Crippen LogP contribution is 2.02. The Morgan fingerprint density at radius 3 is 2.04 bits per heavy atom. The van der Waals surface area contributed by atoms with Crippen LogP contribution in [0.5, 0.6) is 0 Å². The molecule has 148 valence electrons. The first-order chi connectivity index (χ1) is 12.1. The molecule has 0 aliphatic carbocycles. The van der Waals surface area contributed by atoms with E-state index in [1.807, 2.05) is 0 Å².